The van der Waals surface area contributed by atoms with Crippen LogP contribution in [0.15, 0.2) is 0 Å². The molecule has 0 saturated carbocycles. The predicted octanol–water partition coefficient (Wildman–Crippen LogP) is 3.05. The molecule has 1 heterocycles. The summed E-state index contributed by atoms with van der Waals surface area (Å²) in [7, 11) is 0. The molecule has 1 aromatic rings. The average molecular weight is 282 g/mol. The molecular formula is C14H26N4O2. The van der Waals surface area contributed by atoms with Crippen LogP contribution in [0.1, 0.15) is 52.9 Å². The molecule has 0 aliphatic carbocycles. The first kappa shape index (κ1) is 16.5. The second kappa shape index (κ2) is 10.2. The van der Waals surface area contributed by atoms with Gasteiger partial charge in [0.2, 0.25) is 5.95 Å². The van der Waals surface area contributed by atoms with Crippen molar-refractivity contribution in [1.29, 1.82) is 0 Å². The van der Waals surface area contributed by atoms with Crippen molar-refractivity contribution in [3.8, 4) is 12.0 Å². The van der Waals surface area contributed by atoms with Gasteiger partial charge in [-0.25, -0.2) is 0 Å². The molecule has 1 rings (SSSR count). The molecule has 20 heavy (non-hydrogen) atoms. The van der Waals surface area contributed by atoms with E-state index in [9.17, 15) is 0 Å². The molecule has 0 saturated heterocycles. The summed E-state index contributed by atoms with van der Waals surface area (Å²) < 4.78 is 11.0. The fourth-order valence-corrected chi connectivity index (χ4v) is 1.59. The molecule has 1 N–H and O–H groups in total. The Balaban J connectivity index is 2.55. The maximum Gasteiger partial charge on any atom is 0.324 e. The van der Waals surface area contributed by atoms with Crippen LogP contribution in [0.4, 0.5) is 5.95 Å². The zero-order valence-electron chi connectivity index (χ0n) is 12.8. The van der Waals surface area contributed by atoms with Gasteiger partial charge in [0, 0.05) is 6.54 Å². The van der Waals surface area contributed by atoms with E-state index in [2.05, 4.69) is 27.2 Å². The van der Waals surface area contributed by atoms with Crippen LogP contribution < -0.4 is 14.8 Å². The van der Waals surface area contributed by atoms with E-state index >= 15 is 0 Å². The first-order valence-corrected chi connectivity index (χ1v) is 7.55. The van der Waals surface area contributed by atoms with Crippen molar-refractivity contribution in [2.75, 3.05) is 25.1 Å². The van der Waals surface area contributed by atoms with Crippen LogP contribution in [0.2, 0.25) is 0 Å². The number of ether oxygens (including phenoxy) is 2. The minimum absolute atomic E-state index is 0.321. The quantitative estimate of drug-likeness (QED) is 0.629. The van der Waals surface area contributed by atoms with E-state index < -0.39 is 0 Å². The highest BCUT2D eigenvalue weighted by molar-refractivity contribution is 5.27. The van der Waals surface area contributed by atoms with E-state index in [0.717, 1.165) is 19.4 Å². The normalized spacial score (nSPS) is 10.3. The Morgan fingerprint density at radius 2 is 1.50 bits per heavy atom. The Morgan fingerprint density at radius 3 is 2.10 bits per heavy atom. The van der Waals surface area contributed by atoms with Crippen LogP contribution in [-0.4, -0.2) is 34.7 Å². The summed E-state index contributed by atoms with van der Waals surface area (Å²) in [5.74, 6) is 0.497. The van der Waals surface area contributed by atoms with Crippen molar-refractivity contribution in [3.63, 3.8) is 0 Å². The van der Waals surface area contributed by atoms with Gasteiger partial charge in [0.25, 0.3) is 0 Å². The van der Waals surface area contributed by atoms with Gasteiger partial charge in [0.15, 0.2) is 0 Å². The molecule has 1 aromatic heterocycles. The van der Waals surface area contributed by atoms with E-state index in [-0.39, 0.29) is 0 Å². The number of aromatic nitrogens is 3. The highest BCUT2D eigenvalue weighted by Gasteiger charge is 2.08. The van der Waals surface area contributed by atoms with Crippen LogP contribution in [0.5, 0.6) is 12.0 Å². The third-order valence-electron chi connectivity index (χ3n) is 2.59. The topological polar surface area (TPSA) is 69.2 Å². The zero-order valence-corrected chi connectivity index (χ0v) is 12.8. The number of nitrogens with zero attached hydrogens (tertiary/aromatic N) is 3. The Morgan fingerprint density at radius 1 is 0.800 bits per heavy atom. The number of hydrogen-bond acceptors (Lipinski definition) is 6. The van der Waals surface area contributed by atoms with Crippen LogP contribution >= 0.6 is 0 Å². The Kier molecular flexibility index (Phi) is 8.42. The van der Waals surface area contributed by atoms with E-state index in [1.807, 2.05) is 13.8 Å². The van der Waals surface area contributed by atoms with Crippen molar-refractivity contribution in [1.82, 2.24) is 15.0 Å². The van der Waals surface area contributed by atoms with Crippen LogP contribution in [0.3, 0.4) is 0 Å². The molecule has 114 valence electrons. The molecule has 0 aliphatic heterocycles. The molecule has 0 radical (unpaired) electrons. The number of anilines is 1. The Bertz CT molecular complexity index is 374. The largest absolute Gasteiger partial charge is 0.463 e. The molecule has 0 aromatic carbocycles. The standard InChI is InChI=1S/C14H26N4O2/c1-4-7-8-9-11-20-14-17-12(15-6-3)16-13(18-14)19-10-5-2/h4-11H2,1-3H3,(H,15,16,17,18). The third kappa shape index (κ3) is 6.54. The third-order valence-corrected chi connectivity index (χ3v) is 2.59. The maximum atomic E-state index is 5.58. The molecule has 0 atom stereocenters. The Hall–Kier alpha value is -1.59. The molecule has 0 aliphatic rings. The molecule has 0 fully saturated rings. The fourth-order valence-electron chi connectivity index (χ4n) is 1.59. The number of rotatable bonds is 11. The minimum Gasteiger partial charge on any atom is -0.463 e. The summed E-state index contributed by atoms with van der Waals surface area (Å²) in [5, 5.41) is 3.05. The lowest BCUT2D eigenvalue weighted by molar-refractivity contribution is 0.257. The van der Waals surface area contributed by atoms with Gasteiger partial charge in [-0.05, 0) is 19.8 Å². The SMILES string of the molecule is CCCCCCOc1nc(NCC)nc(OCCC)n1. The van der Waals surface area contributed by atoms with Gasteiger partial charge in [0.1, 0.15) is 0 Å². The second-order valence-electron chi connectivity index (χ2n) is 4.51. The first-order chi connectivity index (χ1) is 9.80. The minimum atomic E-state index is 0.321. The Labute approximate surface area is 121 Å². The number of hydrogen-bond donors (Lipinski definition) is 1. The van der Waals surface area contributed by atoms with Crippen molar-refractivity contribution < 1.29 is 9.47 Å². The molecule has 6 nitrogen and oxygen atoms in total. The van der Waals surface area contributed by atoms with Gasteiger partial charge < -0.3 is 14.8 Å². The smallest absolute Gasteiger partial charge is 0.324 e. The summed E-state index contributed by atoms with van der Waals surface area (Å²) >= 11 is 0. The van der Waals surface area contributed by atoms with Crippen molar-refractivity contribution >= 4 is 5.95 Å². The zero-order chi connectivity index (χ0) is 14.6. The van der Waals surface area contributed by atoms with Crippen LogP contribution in [-0.2, 0) is 0 Å². The molecule has 6 heteroatoms. The van der Waals surface area contributed by atoms with Crippen LogP contribution in [0, 0.1) is 0 Å². The second-order valence-corrected chi connectivity index (χ2v) is 4.51. The van der Waals surface area contributed by atoms with E-state index in [0.29, 0.717) is 31.2 Å². The molecule has 0 spiro atoms. The van der Waals surface area contributed by atoms with E-state index in [4.69, 9.17) is 9.47 Å². The first-order valence-electron chi connectivity index (χ1n) is 7.55. The van der Waals surface area contributed by atoms with Crippen molar-refractivity contribution in [2.24, 2.45) is 0 Å². The summed E-state index contributed by atoms with van der Waals surface area (Å²) in [5.41, 5.74) is 0. The lowest BCUT2D eigenvalue weighted by Crippen LogP contribution is -2.10. The lowest BCUT2D eigenvalue weighted by atomic mass is 10.2. The van der Waals surface area contributed by atoms with Gasteiger partial charge >= 0.3 is 12.0 Å². The predicted molar refractivity (Wildman–Crippen MR) is 79.4 cm³/mol. The van der Waals surface area contributed by atoms with Gasteiger partial charge in [0.05, 0.1) is 13.2 Å². The van der Waals surface area contributed by atoms with Crippen molar-refractivity contribution in [3.05, 3.63) is 0 Å². The van der Waals surface area contributed by atoms with Gasteiger partial charge in [-0.2, -0.15) is 9.97 Å². The van der Waals surface area contributed by atoms with Gasteiger partial charge in [-0.3, -0.25) is 0 Å². The van der Waals surface area contributed by atoms with Gasteiger partial charge in [-0.1, -0.05) is 33.1 Å². The number of nitrogens with one attached hydrogen (secondary N) is 1. The summed E-state index contributed by atoms with van der Waals surface area (Å²) in [4.78, 5) is 12.6. The number of unbranched alkanes of at least 4 members (excludes halogenated alkanes) is 3. The summed E-state index contributed by atoms with van der Waals surface area (Å²) in [6, 6.07) is 0.653. The van der Waals surface area contributed by atoms with Crippen molar-refractivity contribution in [2.45, 2.75) is 52.9 Å². The molecule has 0 bridgehead atoms. The highest BCUT2D eigenvalue weighted by Crippen LogP contribution is 2.13. The average Bonchev–Trinajstić information content (AvgIpc) is 2.45. The monoisotopic (exact) mass is 282 g/mol. The van der Waals surface area contributed by atoms with E-state index in [1.54, 1.807) is 0 Å². The maximum absolute atomic E-state index is 5.58. The van der Waals surface area contributed by atoms with E-state index in [1.165, 1.54) is 19.3 Å². The molecule has 0 amide bonds. The lowest BCUT2D eigenvalue weighted by Gasteiger charge is -2.09. The fraction of sp³-hybridized carbons (Fsp3) is 0.786. The highest BCUT2D eigenvalue weighted by atomic mass is 16.5. The van der Waals surface area contributed by atoms with Gasteiger partial charge in [-0.15, -0.1) is 4.98 Å². The summed E-state index contributed by atoms with van der Waals surface area (Å²) in [6.45, 7) is 8.17. The molecule has 0 unspecified atom stereocenters. The van der Waals surface area contributed by atoms with Crippen LogP contribution in [0.25, 0.3) is 0 Å². The summed E-state index contributed by atoms with van der Waals surface area (Å²) in [6.07, 6.45) is 5.54. The molecular weight excluding hydrogens is 256 g/mol.